The molecule has 1 N–H and O–H groups in total. The Morgan fingerprint density at radius 1 is 1.44 bits per heavy atom. The van der Waals surface area contributed by atoms with Crippen LogP contribution in [-0.4, -0.2) is 22.2 Å². The van der Waals surface area contributed by atoms with Gasteiger partial charge in [-0.2, -0.15) is 0 Å². The van der Waals surface area contributed by atoms with E-state index in [2.05, 4.69) is 21.2 Å². The van der Waals surface area contributed by atoms with Crippen LogP contribution in [0.5, 0.6) is 0 Å². The van der Waals surface area contributed by atoms with E-state index in [-0.39, 0.29) is 5.92 Å². The summed E-state index contributed by atoms with van der Waals surface area (Å²) < 4.78 is 5.17. The summed E-state index contributed by atoms with van der Waals surface area (Å²) in [5, 5.41) is 2.47. The predicted molar refractivity (Wildman–Crippen MR) is 68.8 cm³/mol. The van der Waals surface area contributed by atoms with Crippen molar-refractivity contribution in [2.75, 3.05) is 5.32 Å². The lowest BCUT2D eigenvalue weighted by molar-refractivity contribution is 0.0963. The Morgan fingerprint density at radius 3 is 2.67 bits per heavy atom. The normalized spacial score (nSPS) is 13.5. The number of carbonyl (C=O) groups excluding carboxylic acids is 1. The van der Waals surface area contributed by atoms with Crippen molar-refractivity contribution in [3.8, 4) is 12.3 Å². The molecule has 1 rings (SSSR count). The van der Waals surface area contributed by atoms with Crippen LogP contribution in [0.25, 0.3) is 0 Å². The van der Waals surface area contributed by atoms with Crippen molar-refractivity contribution in [2.45, 2.75) is 26.9 Å². The van der Waals surface area contributed by atoms with Crippen LogP contribution in [-0.2, 0) is 4.74 Å². The number of ether oxygens (including phenoxy) is 1. The van der Waals surface area contributed by atoms with E-state index in [0.29, 0.717) is 11.7 Å². The molecule has 1 unspecified atom stereocenters. The molecule has 5 heteroatoms. The summed E-state index contributed by atoms with van der Waals surface area (Å²) in [5.74, 6) is 3.22. The maximum absolute atomic E-state index is 11.6. The van der Waals surface area contributed by atoms with E-state index in [4.69, 9.17) is 11.2 Å². The van der Waals surface area contributed by atoms with E-state index in [9.17, 15) is 4.79 Å². The summed E-state index contributed by atoms with van der Waals surface area (Å²) >= 11 is 0. The van der Waals surface area contributed by atoms with Crippen molar-refractivity contribution < 1.29 is 9.53 Å². The lowest BCUT2D eigenvalue weighted by Gasteiger charge is -2.22. The SMILES string of the molecule is C#CC(OC(=O)Nc1cnccn1)[C@H](C)C(C)C. The molecule has 2 atom stereocenters. The maximum Gasteiger partial charge on any atom is 0.414 e. The molecule has 5 nitrogen and oxygen atoms in total. The molecule has 18 heavy (non-hydrogen) atoms. The molecule has 1 heterocycles. The Bertz CT molecular complexity index is 426. The summed E-state index contributed by atoms with van der Waals surface area (Å²) in [4.78, 5) is 19.3. The van der Waals surface area contributed by atoms with Crippen molar-refractivity contribution in [1.82, 2.24) is 9.97 Å². The zero-order valence-electron chi connectivity index (χ0n) is 10.8. The first-order valence-electron chi connectivity index (χ1n) is 5.74. The van der Waals surface area contributed by atoms with Gasteiger partial charge in [0.2, 0.25) is 0 Å². The molecule has 1 aromatic rings. The molecule has 0 saturated heterocycles. The Kier molecular flexibility index (Phi) is 5.12. The van der Waals surface area contributed by atoms with Gasteiger partial charge < -0.3 is 4.74 Å². The number of amides is 1. The number of carbonyl (C=O) groups is 1. The fourth-order valence-corrected chi connectivity index (χ4v) is 1.26. The lowest BCUT2D eigenvalue weighted by Crippen LogP contribution is -2.29. The van der Waals surface area contributed by atoms with Gasteiger partial charge in [0.25, 0.3) is 0 Å². The third kappa shape index (κ3) is 4.06. The number of terminal acetylenes is 1. The molecular weight excluding hydrogens is 230 g/mol. The van der Waals surface area contributed by atoms with Crippen LogP contribution >= 0.6 is 0 Å². The summed E-state index contributed by atoms with van der Waals surface area (Å²) in [5.41, 5.74) is 0. The first-order valence-corrected chi connectivity index (χ1v) is 5.74. The summed E-state index contributed by atoms with van der Waals surface area (Å²) in [6.07, 6.45) is 8.62. The Morgan fingerprint density at radius 2 is 2.17 bits per heavy atom. The van der Waals surface area contributed by atoms with E-state index in [0.717, 1.165) is 0 Å². The van der Waals surface area contributed by atoms with E-state index < -0.39 is 12.2 Å². The fraction of sp³-hybridized carbons (Fsp3) is 0.462. The number of aromatic nitrogens is 2. The van der Waals surface area contributed by atoms with E-state index >= 15 is 0 Å². The van der Waals surface area contributed by atoms with Crippen LogP contribution in [0.15, 0.2) is 18.6 Å². The second-order valence-corrected chi connectivity index (χ2v) is 4.31. The molecule has 0 saturated carbocycles. The third-order valence-corrected chi connectivity index (χ3v) is 2.72. The van der Waals surface area contributed by atoms with E-state index in [1.54, 1.807) is 0 Å². The molecular formula is C13H17N3O2. The summed E-state index contributed by atoms with van der Waals surface area (Å²) in [6, 6.07) is 0. The van der Waals surface area contributed by atoms with Crippen LogP contribution in [0.4, 0.5) is 10.6 Å². The van der Waals surface area contributed by atoms with E-state index in [1.807, 2.05) is 20.8 Å². The molecule has 0 aliphatic rings. The number of nitrogens with one attached hydrogen (secondary N) is 1. The number of anilines is 1. The van der Waals surface area contributed by atoms with Crippen LogP contribution in [0.3, 0.4) is 0 Å². The van der Waals surface area contributed by atoms with Crippen LogP contribution in [0.2, 0.25) is 0 Å². The Hall–Kier alpha value is -2.09. The molecule has 0 spiro atoms. The molecule has 0 bridgehead atoms. The molecule has 0 aliphatic heterocycles. The summed E-state index contributed by atoms with van der Waals surface area (Å²) in [7, 11) is 0. The van der Waals surface area contributed by atoms with Gasteiger partial charge in [0.15, 0.2) is 11.9 Å². The molecule has 1 aromatic heterocycles. The van der Waals surface area contributed by atoms with Crippen molar-refractivity contribution in [2.24, 2.45) is 11.8 Å². The third-order valence-electron chi connectivity index (χ3n) is 2.72. The average Bonchev–Trinajstić information content (AvgIpc) is 2.36. The van der Waals surface area contributed by atoms with Crippen LogP contribution in [0, 0.1) is 24.2 Å². The molecule has 0 aliphatic carbocycles. The minimum atomic E-state index is -0.619. The first-order chi connectivity index (χ1) is 8.54. The highest BCUT2D eigenvalue weighted by atomic mass is 16.6. The van der Waals surface area contributed by atoms with Gasteiger partial charge in [-0.3, -0.25) is 10.3 Å². The second-order valence-electron chi connectivity index (χ2n) is 4.31. The van der Waals surface area contributed by atoms with Crippen molar-refractivity contribution in [1.29, 1.82) is 0 Å². The zero-order chi connectivity index (χ0) is 13.5. The highest BCUT2D eigenvalue weighted by molar-refractivity contribution is 5.83. The van der Waals surface area contributed by atoms with Crippen LogP contribution < -0.4 is 5.32 Å². The number of hydrogen-bond donors (Lipinski definition) is 1. The molecule has 0 fully saturated rings. The number of rotatable bonds is 4. The highest BCUT2D eigenvalue weighted by Crippen LogP contribution is 2.17. The second kappa shape index (κ2) is 6.60. The van der Waals surface area contributed by atoms with Gasteiger partial charge in [-0.1, -0.05) is 26.7 Å². The van der Waals surface area contributed by atoms with E-state index in [1.165, 1.54) is 18.6 Å². The maximum atomic E-state index is 11.6. The molecule has 0 aromatic carbocycles. The largest absolute Gasteiger partial charge is 0.432 e. The molecule has 96 valence electrons. The Labute approximate surface area is 107 Å². The van der Waals surface area contributed by atoms with Gasteiger partial charge in [0.05, 0.1) is 6.20 Å². The number of nitrogens with zero attached hydrogens (tertiary/aromatic N) is 2. The first kappa shape index (κ1) is 14.0. The van der Waals surface area contributed by atoms with Crippen molar-refractivity contribution in [3.63, 3.8) is 0 Å². The predicted octanol–water partition coefficient (Wildman–Crippen LogP) is 2.32. The van der Waals surface area contributed by atoms with Crippen LogP contribution in [0.1, 0.15) is 20.8 Å². The van der Waals surface area contributed by atoms with Gasteiger partial charge in [-0.15, -0.1) is 6.42 Å². The van der Waals surface area contributed by atoms with Crippen molar-refractivity contribution in [3.05, 3.63) is 18.6 Å². The Balaban J connectivity index is 2.56. The average molecular weight is 247 g/mol. The standard InChI is InChI=1S/C13H17N3O2/c1-5-11(10(4)9(2)3)18-13(17)16-12-8-14-6-7-15-12/h1,6-11H,2-4H3,(H,15,16,17)/t10-,11?/m1/s1. The van der Waals surface area contributed by atoms with Gasteiger partial charge in [-0.05, 0) is 5.92 Å². The molecule has 0 radical (unpaired) electrons. The number of hydrogen-bond acceptors (Lipinski definition) is 4. The molecule has 1 amide bonds. The monoisotopic (exact) mass is 247 g/mol. The topological polar surface area (TPSA) is 64.1 Å². The van der Waals surface area contributed by atoms with Gasteiger partial charge in [0, 0.05) is 18.3 Å². The smallest absolute Gasteiger partial charge is 0.414 e. The zero-order valence-corrected chi connectivity index (χ0v) is 10.8. The lowest BCUT2D eigenvalue weighted by atomic mass is 9.93. The fourth-order valence-electron chi connectivity index (χ4n) is 1.26. The highest BCUT2D eigenvalue weighted by Gasteiger charge is 2.22. The quantitative estimate of drug-likeness (QED) is 0.829. The van der Waals surface area contributed by atoms with Gasteiger partial charge in [-0.25, -0.2) is 9.78 Å². The van der Waals surface area contributed by atoms with Gasteiger partial charge in [0.1, 0.15) is 0 Å². The van der Waals surface area contributed by atoms with Gasteiger partial charge >= 0.3 is 6.09 Å². The minimum absolute atomic E-state index is 0.0857. The summed E-state index contributed by atoms with van der Waals surface area (Å²) in [6.45, 7) is 6.00. The minimum Gasteiger partial charge on any atom is -0.432 e. The van der Waals surface area contributed by atoms with Crippen molar-refractivity contribution >= 4 is 11.9 Å².